The number of hydrogen-bond acceptors (Lipinski definition) is 3. The molecule has 1 aliphatic heterocycles. The van der Waals surface area contributed by atoms with Crippen LogP contribution < -0.4 is 11.1 Å². The molecule has 0 aromatic rings. The first-order valence-electron chi connectivity index (χ1n) is 7.01. The Morgan fingerprint density at radius 2 is 1.94 bits per heavy atom. The van der Waals surface area contributed by atoms with Crippen LogP contribution >= 0.6 is 0 Å². The van der Waals surface area contributed by atoms with E-state index in [1.807, 2.05) is 0 Å². The van der Waals surface area contributed by atoms with E-state index >= 15 is 0 Å². The standard InChI is InChI=1S/C13H23N3O/c14-13(6-1-2-7-13)12(17)15-10-5-8-16(9-10)11-3-4-11/h10-11H,1-9,14H2,(H,15,17). The molecule has 1 unspecified atom stereocenters. The molecule has 0 spiro atoms. The van der Waals surface area contributed by atoms with Gasteiger partial charge in [-0.25, -0.2) is 0 Å². The van der Waals surface area contributed by atoms with Gasteiger partial charge in [0, 0.05) is 25.2 Å². The Hall–Kier alpha value is -0.610. The Kier molecular flexibility index (Phi) is 2.87. The van der Waals surface area contributed by atoms with E-state index in [9.17, 15) is 4.79 Å². The number of nitrogens with two attached hydrogens (primary N) is 1. The van der Waals surface area contributed by atoms with Crippen molar-refractivity contribution in [3.63, 3.8) is 0 Å². The van der Waals surface area contributed by atoms with Gasteiger partial charge >= 0.3 is 0 Å². The third-order valence-corrected chi connectivity index (χ3v) is 4.57. The van der Waals surface area contributed by atoms with Crippen molar-refractivity contribution >= 4 is 5.91 Å². The average Bonchev–Trinajstić information content (AvgIpc) is 2.89. The average molecular weight is 237 g/mol. The predicted octanol–water partition coefficient (Wildman–Crippen LogP) is 0.611. The first kappa shape index (κ1) is 11.5. The molecule has 17 heavy (non-hydrogen) atoms. The zero-order valence-corrected chi connectivity index (χ0v) is 10.5. The number of nitrogens with zero attached hydrogens (tertiary/aromatic N) is 1. The molecule has 1 atom stereocenters. The van der Waals surface area contributed by atoms with E-state index in [1.54, 1.807) is 0 Å². The summed E-state index contributed by atoms with van der Waals surface area (Å²) in [6.07, 6.45) is 7.71. The second-order valence-electron chi connectivity index (χ2n) is 6.05. The summed E-state index contributed by atoms with van der Waals surface area (Å²) in [5.41, 5.74) is 5.60. The van der Waals surface area contributed by atoms with E-state index < -0.39 is 5.54 Å². The maximum Gasteiger partial charge on any atom is 0.240 e. The molecule has 3 aliphatic rings. The van der Waals surface area contributed by atoms with Crippen molar-refractivity contribution in [2.45, 2.75) is 62.6 Å². The summed E-state index contributed by atoms with van der Waals surface area (Å²) in [5.74, 6) is 0.0950. The van der Waals surface area contributed by atoms with Gasteiger partial charge in [0.1, 0.15) is 0 Å². The van der Waals surface area contributed by atoms with Crippen LogP contribution in [0.15, 0.2) is 0 Å². The Bertz CT molecular complexity index is 308. The topological polar surface area (TPSA) is 58.4 Å². The van der Waals surface area contributed by atoms with Crippen LogP contribution in [0.4, 0.5) is 0 Å². The Labute approximate surface area is 103 Å². The monoisotopic (exact) mass is 237 g/mol. The molecule has 1 saturated heterocycles. The molecule has 96 valence electrons. The van der Waals surface area contributed by atoms with Gasteiger partial charge < -0.3 is 11.1 Å². The lowest BCUT2D eigenvalue weighted by Gasteiger charge is -2.25. The van der Waals surface area contributed by atoms with Crippen molar-refractivity contribution in [2.75, 3.05) is 13.1 Å². The first-order valence-corrected chi connectivity index (χ1v) is 7.01. The van der Waals surface area contributed by atoms with Crippen LogP contribution in [-0.4, -0.2) is 41.5 Å². The fourth-order valence-electron chi connectivity index (χ4n) is 3.24. The van der Waals surface area contributed by atoms with Crippen LogP contribution in [0.2, 0.25) is 0 Å². The number of hydrogen-bond donors (Lipinski definition) is 2. The molecular weight excluding hydrogens is 214 g/mol. The molecule has 0 aromatic carbocycles. The normalized spacial score (nSPS) is 32.9. The van der Waals surface area contributed by atoms with E-state index in [-0.39, 0.29) is 5.91 Å². The molecule has 1 amide bonds. The molecule has 3 N–H and O–H groups in total. The van der Waals surface area contributed by atoms with Gasteiger partial charge in [-0.05, 0) is 32.1 Å². The first-order chi connectivity index (χ1) is 8.17. The molecule has 2 saturated carbocycles. The lowest BCUT2D eigenvalue weighted by Crippen LogP contribution is -2.54. The highest BCUT2D eigenvalue weighted by atomic mass is 16.2. The largest absolute Gasteiger partial charge is 0.350 e. The number of nitrogens with one attached hydrogen (secondary N) is 1. The fourth-order valence-corrected chi connectivity index (χ4v) is 3.24. The van der Waals surface area contributed by atoms with Crippen molar-refractivity contribution in [1.82, 2.24) is 10.2 Å². The summed E-state index contributed by atoms with van der Waals surface area (Å²) < 4.78 is 0. The van der Waals surface area contributed by atoms with Crippen LogP contribution in [-0.2, 0) is 4.79 Å². The minimum Gasteiger partial charge on any atom is -0.350 e. The molecule has 0 aromatic heterocycles. The van der Waals surface area contributed by atoms with Crippen molar-refractivity contribution in [1.29, 1.82) is 0 Å². The third-order valence-electron chi connectivity index (χ3n) is 4.57. The maximum absolute atomic E-state index is 12.2. The SMILES string of the molecule is NC1(C(=O)NC2CCN(C3CC3)C2)CCCC1. The minimum atomic E-state index is -0.562. The summed E-state index contributed by atoms with van der Waals surface area (Å²) in [5, 5.41) is 3.17. The quantitative estimate of drug-likeness (QED) is 0.756. The highest BCUT2D eigenvalue weighted by Crippen LogP contribution is 2.31. The lowest BCUT2D eigenvalue weighted by molar-refractivity contribution is -0.126. The molecule has 1 heterocycles. The Morgan fingerprint density at radius 3 is 2.59 bits per heavy atom. The summed E-state index contributed by atoms with van der Waals surface area (Å²) in [4.78, 5) is 14.7. The van der Waals surface area contributed by atoms with Crippen LogP contribution in [0, 0.1) is 0 Å². The number of carbonyl (C=O) groups excluding carboxylic acids is 1. The molecule has 2 aliphatic carbocycles. The van der Waals surface area contributed by atoms with E-state index in [2.05, 4.69) is 10.2 Å². The van der Waals surface area contributed by atoms with Crippen LogP contribution in [0.25, 0.3) is 0 Å². The molecule has 0 bridgehead atoms. The molecule has 4 heteroatoms. The number of carbonyl (C=O) groups is 1. The van der Waals surface area contributed by atoms with Crippen molar-refractivity contribution < 1.29 is 4.79 Å². The van der Waals surface area contributed by atoms with Gasteiger partial charge in [0.15, 0.2) is 0 Å². The minimum absolute atomic E-state index is 0.0950. The third kappa shape index (κ3) is 2.33. The van der Waals surface area contributed by atoms with Gasteiger partial charge in [-0.3, -0.25) is 9.69 Å². The Balaban J connectivity index is 1.51. The predicted molar refractivity (Wildman–Crippen MR) is 66.5 cm³/mol. The van der Waals surface area contributed by atoms with Gasteiger partial charge in [-0.2, -0.15) is 0 Å². The second kappa shape index (κ2) is 4.25. The second-order valence-corrected chi connectivity index (χ2v) is 6.05. The van der Waals surface area contributed by atoms with E-state index in [4.69, 9.17) is 5.73 Å². The summed E-state index contributed by atoms with van der Waals surface area (Å²) in [6.45, 7) is 2.18. The highest BCUT2D eigenvalue weighted by molar-refractivity contribution is 5.86. The van der Waals surface area contributed by atoms with Crippen LogP contribution in [0.1, 0.15) is 44.9 Å². The van der Waals surface area contributed by atoms with Gasteiger partial charge in [-0.15, -0.1) is 0 Å². The zero-order chi connectivity index (χ0) is 11.9. The van der Waals surface area contributed by atoms with Gasteiger partial charge in [-0.1, -0.05) is 12.8 Å². The molecule has 3 fully saturated rings. The van der Waals surface area contributed by atoms with Crippen LogP contribution in [0.3, 0.4) is 0 Å². The molecule has 0 radical (unpaired) electrons. The lowest BCUT2D eigenvalue weighted by atomic mass is 9.97. The zero-order valence-electron chi connectivity index (χ0n) is 10.5. The number of rotatable bonds is 3. The highest BCUT2D eigenvalue weighted by Gasteiger charge is 2.40. The molecular formula is C13H23N3O. The Morgan fingerprint density at radius 1 is 1.24 bits per heavy atom. The molecule has 3 rings (SSSR count). The van der Waals surface area contributed by atoms with Gasteiger partial charge in [0.25, 0.3) is 0 Å². The summed E-state index contributed by atoms with van der Waals surface area (Å²) in [6, 6.07) is 1.15. The van der Waals surface area contributed by atoms with E-state index in [0.717, 1.165) is 51.2 Å². The van der Waals surface area contributed by atoms with E-state index in [0.29, 0.717) is 6.04 Å². The summed E-state index contributed by atoms with van der Waals surface area (Å²) >= 11 is 0. The van der Waals surface area contributed by atoms with Crippen molar-refractivity contribution in [2.24, 2.45) is 5.73 Å². The smallest absolute Gasteiger partial charge is 0.240 e. The van der Waals surface area contributed by atoms with Crippen molar-refractivity contribution in [3.05, 3.63) is 0 Å². The molecule has 4 nitrogen and oxygen atoms in total. The van der Waals surface area contributed by atoms with Crippen LogP contribution in [0.5, 0.6) is 0 Å². The summed E-state index contributed by atoms with van der Waals surface area (Å²) in [7, 11) is 0. The van der Waals surface area contributed by atoms with Gasteiger partial charge in [0.2, 0.25) is 5.91 Å². The number of amides is 1. The van der Waals surface area contributed by atoms with E-state index in [1.165, 1.54) is 12.8 Å². The van der Waals surface area contributed by atoms with Crippen molar-refractivity contribution in [3.8, 4) is 0 Å². The van der Waals surface area contributed by atoms with Gasteiger partial charge in [0.05, 0.1) is 5.54 Å². The fraction of sp³-hybridized carbons (Fsp3) is 0.923. The maximum atomic E-state index is 12.2. The number of likely N-dealkylation sites (tertiary alicyclic amines) is 1.